The highest BCUT2D eigenvalue weighted by Gasteiger charge is 2.19. The third-order valence-electron chi connectivity index (χ3n) is 1.48. The van der Waals surface area contributed by atoms with Crippen LogP contribution in [0.5, 0.6) is 0 Å². The second-order valence-corrected chi connectivity index (χ2v) is 2.28. The van der Waals surface area contributed by atoms with Crippen LogP contribution in [0.3, 0.4) is 0 Å². The molecule has 1 heterocycles. The Balaban J connectivity index is 2.35. The van der Waals surface area contributed by atoms with Gasteiger partial charge in [0.15, 0.2) is 0 Å². The molecule has 1 N–H and O–H groups in total. The fourth-order valence-electron chi connectivity index (χ4n) is 0.856. The van der Waals surface area contributed by atoms with E-state index >= 15 is 0 Å². The topological polar surface area (TPSA) is 55.8 Å². The van der Waals surface area contributed by atoms with Crippen LogP contribution in [-0.4, -0.2) is 24.3 Å². The number of carboxylic acid groups (broad SMARTS) is 1. The van der Waals surface area contributed by atoms with Crippen molar-refractivity contribution in [1.82, 2.24) is 0 Å². The van der Waals surface area contributed by atoms with Crippen molar-refractivity contribution in [3.8, 4) is 0 Å². The van der Waals surface area contributed by atoms with Gasteiger partial charge in [0.25, 0.3) is 0 Å². The minimum absolute atomic E-state index is 0.176. The Hall–Kier alpha value is -0.610. The monoisotopic (exact) mass is 146 g/mol. The third-order valence-corrected chi connectivity index (χ3v) is 1.48. The molecular weight excluding hydrogens is 136 g/mol. The molecule has 0 aromatic rings. The average Bonchev–Trinajstić information content (AvgIpc) is 2.12. The van der Waals surface area contributed by atoms with Gasteiger partial charge in [-0.3, -0.25) is 4.79 Å². The summed E-state index contributed by atoms with van der Waals surface area (Å²) in [4.78, 5) is 19.6. The predicted molar refractivity (Wildman–Crippen MR) is 32.3 cm³/mol. The van der Waals surface area contributed by atoms with E-state index in [0.29, 0.717) is 13.0 Å². The summed E-state index contributed by atoms with van der Waals surface area (Å²) in [7, 11) is 0. The van der Waals surface area contributed by atoms with Gasteiger partial charge in [0, 0.05) is 0 Å². The lowest BCUT2D eigenvalue weighted by Gasteiger charge is -2.04. The van der Waals surface area contributed by atoms with Gasteiger partial charge in [-0.05, 0) is 12.8 Å². The first kappa shape index (κ1) is 7.50. The molecule has 0 amide bonds. The van der Waals surface area contributed by atoms with E-state index in [1.54, 1.807) is 0 Å². The molecule has 1 fully saturated rings. The van der Waals surface area contributed by atoms with Crippen molar-refractivity contribution in [3.05, 3.63) is 0 Å². The summed E-state index contributed by atoms with van der Waals surface area (Å²) >= 11 is 0. The van der Waals surface area contributed by atoms with Gasteiger partial charge < -0.3 is 5.11 Å². The van der Waals surface area contributed by atoms with Gasteiger partial charge in [-0.15, -0.1) is 0 Å². The van der Waals surface area contributed by atoms with E-state index in [1.807, 2.05) is 0 Å². The maximum atomic E-state index is 10.4. The van der Waals surface area contributed by atoms with Crippen molar-refractivity contribution in [2.45, 2.75) is 12.8 Å². The van der Waals surface area contributed by atoms with Gasteiger partial charge in [-0.1, -0.05) is 0 Å². The Morgan fingerprint density at radius 3 is 3.00 bits per heavy atom. The zero-order valence-electron chi connectivity index (χ0n) is 5.58. The van der Waals surface area contributed by atoms with Crippen LogP contribution in [-0.2, 0) is 14.6 Å². The lowest BCUT2D eigenvalue weighted by molar-refractivity contribution is -0.292. The molecular formula is C6H10O4. The fourth-order valence-corrected chi connectivity index (χ4v) is 0.856. The van der Waals surface area contributed by atoms with Gasteiger partial charge in [0.1, 0.15) is 0 Å². The van der Waals surface area contributed by atoms with Crippen molar-refractivity contribution in [2.24, 2.45) is 5.92 Å². The molecule has 0 radical (unpaired) electrons. The highest BCUT2D eigenvalue weighted by atomic mass is 17.2. The normalized spacial score (nSPS) is 27.4. The molecule has 0 aromatic carbocycles. The van der Waals surface area contributed by atoms with E-state index < -0.39 is 5.97 Å². The summed E-state index contributed by atoms with van der Waals surface area (Å²) in [6.45, 7) is 0.680. The lowest BCUT2D eigenvalue weighted by Crippen LogP contribution is -2.17. The maximum absolute atomic E-state index is 10.4. The summed E-state index contributed by atoms with van der Waals surface area (Å²) in [6, 6.07) is 0. The Labute approximate surface area is 58.7 Å². The number of carbonyl (C=O) groups is 1. The second kappa shape index (κ2) is 3.53. The average molecular weight is 146 g/mol. The number of rotatable bonds is 1. The number of aliphatic carboxylic acids is 1. The van der Waals surface area contributed by atoms with Crippen molar-refractivity contribution in [2.75, 3.05) is 13.2 Å². The quantitative estimate of drug-likeness (QED) is 0.545. The molecule has 1 aliphatic heterocycles. The lowest BCUT2D eigenvalue weighted by atomic mass is 10.1. The molecule has 1 saturated heterocycles. The molecule has 10 heavy (non-hydrogen) atoms. The van der Waals surface area contributed by atoms with E-state index in [-0.39, 0.29) is 12.5 Å². The molecule has 0 aliphatic carbocycles. The van der Waals surface area contributed by atoms with Crippen LogP contribution in [0.4, 0.5) is 0 Å². The Morgan fingerprint density at radius 1 is 1.50 bits per heavy atom. The summed E-state index contributed by atoms with van der Waals surface area (Å²) in [5, 5.41) is 8.53. The Kier molecular flexibility index (Phi) is 2.65. The van der Waals surface area contributed by atoms with E-state index in [2.05, 4.69) is 9.78 Å². The maximum Gasteiger partial charge on any atom is 0.308 e. The third kappa shape index (κ3) is 1.97. The van der Waals surface area contributed by atoms with E-state index in [1.165, 1.54) is 0 Å². The standard InChI is InChI=1S/C6H10O4/c7-6(8)5-2-1-3-9-10-4-5/h5H,1-4H2,(H,7,8). The second-order valence-electron chi connectivity index (χ2n) is 2.28. The Bertz CT molecular complexity index is 115. The van der Waals surface area contributed by atoms with Gasteiger partial charge in [-0.25, -0.2) is 9.78 Å². The van der Waals surface area contributed by atoms with Gasteiger partial charge >= 0.3 is 5.97 Å². The van der Waals surface area contributed by atoms with Gasteiger partial charge in [0.05, 0.1) is 19.1 Å². The highest BCUT2D eigenvalue weighted by molar-refractivity contribution is 5.70. The first-order valence-corrected chi connectivity index (χ1v) is 3.28. The van der Waals surface area contributed by atoms with Gasteiger partial charge in [0.2, 0.25) is 0 Å². The van der Waals surface area contributed by atoms with E-state index in [4.69, 9.17) is 5.11 Å². The number of carboxylic acids is 1. The first-order valence-electron chi connectivity index (χ1n) is 3.28. The molecule has 58 valence electrons. The summed E-state index contributed by atoms with van der Waals surface area (Å²) in [5.74, 6) is -1.19. The van der Waals surface area contributed by atoms with Crippen molar-refractivity contribution >= 4 is 5.97 Å². The van der Waals surface area contributed by atoms with Crippen LogP contribution >= 0.6 is 0 Å². The highest BCUT2D eigenvalue weighted by Crippen LogP contribution is 2.11. The van der Waals surface area contributed by atoms with Crippen LogP contribution < -0.4 is 0 Å². The van der Waals surface area contributed by atoms with E-state index in [0.717, 1.165) is 6.42 Å². The van der Waals surface area contributed by atoms with Crippen molar-refractivity contribution in [1.29, 1.82) is 0 Å². The number of hydrogen-bond donors (Lipinski definition) is 1. The predicted octanol–water partition coefficient (Wildman–Crippen LogP) is 0.429. The molecule has 4 nitrogen and oxygen atoms in total. The molecule has 0 aromatic heterocycles. The fraction of sp³-hybridized carbons (Fsp3) is 0.833. The van der Waals surface area contributed by atoms with Gasteiger partial charge in [-0.2, -0.15) is 0 Å². The minimum atomic E-state index is -0.800. The zero-order chi connectivity index (χ0) is 7.40. The number of hydrogen-bond acceptors (Lipinski definition) is 3. The molecule has 0 spiro atoms. The van der Waals surface area contributed by atoms with Crippen molar-refractivity contribution in [3.63, 3.8) is 0 Å². The first-order chi connectivity index (χ1) is 4.80. The van der Waals surface area contributed by atoms with Crippen LogP contribution in [0, 0.1) is 5.92 Å². The summed E-state index contributed by atoms with van der Waals surface area (Å²) < 4.78 is 0. The van der Waals surface area contributed by atoms with Crippen LogP contribution in [0.1, 0.15) is 12.8 Å². The molecule has 0 bridgehead atoms. The molecule has 4 heteroatoms. The molecule has 1 rings (SSSR count). The van der Waals surface area contributed by atoms with Crippen LogP contribution in [0.2, 0.25) is 0 Å². The smallest absolute Gasteiger partial charge is 0.308 e. The molecule has 1 atom stereocenters. The molecule has 1 unspecified atom stereocenters. The zero-order valence-corrected chi connectivity index (χ0v) is 5.58. The summed E-state index contributed by atoms with van der Waals surface area (Å²) in [6.07, 6.45) is 1.41. The van der Waals surface area contributed by atoms with Crippen molar-refractivity contribution < 1.29 is 19.7 Å². The van der Waals surface area contributed by atoms with Crippen LogP contribution in [0.25, 0.3) is 0 Å². The minimum Gasteiger partial charge on any atom is -0.481 e. The Morgan fingerprint density at radius 2 is 2.30 bits per heavy atom. The largest absolute Gasteiger partial charge is 0.481 e. The SMILES string of the molecule is O=C(O)C1CCCOOC1. The van der Waals surface area contributed by atoms with Crippen LogP contribution in [0.15, 0.2) is 0 Å². The molecule has 0 saturated carbocycles. The van der Waals surface area contributed by atoms with E-state index in [9.17, 15) is 4.79 Å². The summed E-state index contributed by atoms with van der Waals surface area (Å²) in [5.41, 5.74) is 0. The molecule has 1 aliphatic rings.